The Morgan fingerprint density at radius 2 is 1.91 bits per heavy atom. The minimum atomic E-state index is -0.313. The predicted molar refractivity (Wildman–Crippen MR) is 131 cm³/mol. The number of anilines is 2. The highest BCUT2D eigenvalue weighted by atomic mass is 32.1. The molecule has 3 amide bonds. The Kier molecular flexibility index (Phi) is 7.58. The summed E-state index contributed by atoms with van der Waals surface area (Å²) < 4.78 is 10.7. The maximum Gasteiger partial charge on any atom is 0.321 e. The molecule has 2 aromatic carbocycles. The summed E-state index contributed by atoms with van der Waals surface area (Å²) in [5.74, 6) is 1.07. The molecule has 0 spiro atoms. The summed E-state index contributed by atoms with van der Waals surface area (Å²) in [6.45, 7) is 3.59. The van der Waals surface area contributed by atoms with E-state index < -0.39 is 0 Å². The van der Waals surface area contributed by atoms with Gasteiger partial charge in [0.15, 0.2) is 0 Å². The molecule has 1 aliphatic rings. The lowest BCUT2D eigenvalue weighted by atomic mass is 9.99. The Bertz CT molecular complexity index is 1130. The molecule has 1 saturated heterocycles. The van der Waals surface area contributed by atoms with Crippen molar-refractivity contribution in [1.82, 2.24) is 15.1 Å². The van der Waals surface area contributed by atoms with Crippen molar-refractivity contribution in [3.63, 3.8) is 0 Å². The largest absolute Gasteiger partial charge is 0.497 e. The zero-order chi connectivity index (χ0) is 23.9. The van der Waals surface area contributed by atoms with Crippen molar-refractivity contribution in [3.8, 4) is 11.5 Å². The number of urea groups is 1. The van der Waals surface area contributed by atoms with Gasteiger partial charge in [-0.15, -0.1) is 10.2 Å². The van der Waals surface area contributed by atoms with Crippen molar-refractivity contribution in [3.05, 3.63) is 58.5 Å². The Hall–Kier alpha value is -3.66. The molecule has 178 valence electrons. The first-order chi connectivity index (χ1) is 16.6. The normalized spacial score (nSPS) is 15.5. The molecule has 0 radical (unpaired) electrons. The third kappa shape index (κ3) is 5.63. The van der Waals surface area contributed by atoms with E-state index >= 15 is 0 Å². The number of nitrogens with one attached hydrogen (secondary N) is 2. The average Bonchev–Trinajstić information content (AvgIpc) is 3.37. The van der Waals surface area contributed by atoms with Crippen LogP contribution in [0.1, 0.15) is 40.5 Å². The van der Waals surface area contributed by atoms with Gasteiger partial charge in [-0.05, 0) is 56.2 Å². The van der Waals surface area contributed by atoms with Gasteiger partial charge in [0.25, 0.3) is 5.91 Å². The molecule has 1 atom stereocenters. The summed E-state index contributed by atoms with van der Waals surface area (Å²) in [5.41, 5.74) is 1.29. The van der Waals surface area contributed by atoms with Crippen LogP contribution in [0.4, 0.5) is 16.2 Å². The molecule has 1 aromatic heterocycles. The highest BCUT2D eigenvalue weighted by Gasteiger charge is 2.28. The van der Waals surface area contributed by atoms with Crippen LogP contribution >= 0.6 is 11.3 Å². The monoisotopic (exact) mass is 481 g/mol. The molecule has 0 unspecified atom stereocenters. The molecule has 4 rings (SSSR count). The molecule has 0 bridgehead atoms. The number of methoxy groups -OCH3 is 1. The highest BCUT2D eigenvalue weighted by Crippen LogP contribution is 2.30. The lowest BCUT2D eigenvalue weighted by Crippen LogP contribution is -2.41. The molecule has 0 saturated carbocycles. The fraction of sp³-hybridized carbons (Fsp3) is 0.333. The van der Waals surface area contributed by atoms with Crippen LogP contribution in [0, 0.1) is 0 Å². The van der Waals surface area contributed by atoms with E-state index in [0.717, 1.165) is 17.8 Å². The third-order valence-corrected chi connectivity index (χ3v) is 6.55. The molecule has 1 aliphatic heterocycles. The minimum absolute atomic E-state index is 0.0293. The second-order valence-corrected chi connectivity index (χ2v) is 8.78. The van der Waals surface area contributed by atoms with E-state index in [9.17, 15) is 9.59 Å². The maximum absolute atomic E-state index is 12.9. The molecule has 34 heavy (non-hydrogen) atoms. The van der Waals surface area contributed by atoms with E-state index in [2.05, 4.69) is 20.8 Å². The maximum atomic E-state index is 12.9. The van der Waals surface area contributed by atoms with Crippen LogP contribution in [-0.4, -0.2) is 53.8 Å². The Morgan fingerprint density at radius 1 is 1.12 bits per heavy atom. The van der Waals surface area contributed by atoms with Gasteiger partial charge in [-0.2, -0.15) is 0 Å². The van der Waals surface area contributed by atoms with E-state index in [1.807, 2.05) is 31.2 Å². The Labute approximate surface area is 202 Å². The van der Waals surface area contributed by atoms with Crippen LogP contribution in [0.2, 0.25) is 0 Å². The Balaban J connectivity index is 1.38. The summed E-state index contributed by atoms with van der Waals surface area (Å²) in [7, 11) is 1.59. The number of piperidine rings is 1. The van der Waals surface area contributed by atoms with Crippen LogP contribution in [0.5, 0.6) is 11.5 Å². The zero-order valence-corrected chi connectivity index (χ0v) is 19.9. The number of amides is 3. The van der Waals surface area contributed by atoms with Crippen molar-refractivity contribution in [1.29, 1.82) is 0 Å². The van der Waals surface area contributed by atoms with Crippen molar-refractivity contribution in [2.45, 2.75) is 25.7 Å². The van der Waals surface area contributed by atoms with E-state index in [0.29, 0.717) is 42.6 Å². The summed E-state index contributed by atoms with van der Waals surface area (Å²) in [5, 5.41) is 15.2. The Morgan fingerprint density at radius 3 is 2.68 bits per heavy atom. The number of benzene rings is 2. The number of hydrogen-bond acceptors (Lipinski definition) is 7. The molecule has 2 N–H and O–H groups in total. The number of nitrogens with zero attached hydrogens (tertiary/aromatic N) is 3. The molecule has 3 aromatic rings. The van der Waals surface area contributed by atoms with Gasteiger partial charge < -0.3 is 25.0 Å². The first-order valence-corrected chi connectivity index (χ1v) is 12.0. The zero-order valence-electron chi connectivity index (χ0n) is 19.1. The molecule has 1 fully saturated rings. The summed E-state index contributed by atoms with van der Waals surface area (Å²) >= 11 is 1.26. The molecule has 2 heterocycles. The lowest BCUT2D eigenvalue weighted by molar-refractivity contribution is 0.102. The van der Waals surface area contributed by atoms with Crippen LogP contribution in [-0.2, 0) is 0 Å². The fourth-order valence-electron chi connectivity index (χ4n) is 3.76. The SMILES string of the molecule is CCOc1ccccc1NC(=O)N1CCC[C@@H](c2nnc(C(=O)Nc3ccc(OC)cc3)s2)C1. The number of carbonyl (C=O) groups excluding carboxylic acids is 2. The number of ether oxygens (including phenoxy) is 2. The number of aromatic nitrogens is 2. The van der Waals surface area contributed by atoms with Crippen molar-refractivity contribution in [2.24, 2.45) is 0 Å². The second-order valence-electron chi connectivity index (χ2n) is 7.77. The summed E-state index contributed by atoms with van der Waals surface area (Å²) in [4.78, 5) is 27.3. The van der Waals surface area contributed by atoms with Gasteiger partial charge >= 0.3 is 6.03 Å². The van der Waals surface area contributed by atoms with E-state index in [1.165, 1.54) is 11.3 Å². The first-order valence-electron chi connectivity index (χ1n) is 11.1. The second kappa shape index (κ2) is 11.0. The predicted octanol–water partition coefficient (Wildman–Crippen LogP) is 4.61. The van der Waals surface area contributed by atoms with Gasteiger partial charge in [0.1, 0.15) is 16.5 Å². The molecule has 10 heteroatoms. The first kappa shape index (κ1) is 23.5. The summed E-state index contributed by atoms with van der Waals surface area (Å²) in [6.07, 6.45) is 1.73. The third-order valence-electron chi connectivity index (χ3n) is 5.47. The topological polar surface area (TPSA) is 106 Å². The van der Waals surface area contributed by atoms with Gasteiger partial charge in [-0.25, -0.2) is 4.79 Å². The van der Waals surface area contributed by atoms with Crippen LogP contribution < -0.4 is 20.1 Å². The highest BCUT2D eigenvalue weighted by molar-refractivity contribution is 7.13. The van der Waals surface area contributed by atoms with Gasteiger partial charge in [0.2, 0.25) is 5.01 Å². The smallest absolute Gasteiger partial charge is 0.321 e. The lowest BCUT2D eigenvalue weighted by Gasteiger charge is -2.31. The number of para-hydroxylation sites is 2. The van der Waals surface area contributed by atoms with Gasteiger partial charge in [-0.3, -0.25) is 4.79 Å². The fourth-order valence-corrected chi connectivity index (χ4v) is 4.62. The number of hydrogen-bond donors (Lipinski definition) is 2. The number of likely N-dealkylation sites (tertiary alicyclic amines) is 1. The molecular weight excluding hydrogens is 454 g/mol. The van der Waals surface area contributed by atoms with Crippen LogP contribution in [0.15, 0.2) is 48.5 Å². The number of carbonyl (C=O) groups is 2. The average molecular weight is 482 g/mol. The van der Waals surface area contributed by atoms with Crippen LogP contribution in [0.25, 0.3) is 0 Å². The van der Waals surface area contributed by atoms with Crippen molar-refractivity contribution < 1.29 is 19.1 Å². The van der Waals surface area contributed by atoms with Crippen molar-refractivity contribution in [2.75, 3.05) is 37.4 Å². The molecule has 0 aliphatic carbocycles. The van der Waals surface area contributed by atoms with E-state index in [4.69, 9.17) is 9.47 Å². The molecular formula is C24H27N5O4S. The summed E-state index contributed by atoms with van der Waals surface area (Å²) in [6, 6.07) is 14.3. The molecule has 9 nitrogen and oxygen atoms in total. The number of rotatable bonds is 7. The van der Waals surface area contributed by atoms with E-state index in [-0.39, 0.29) is 22.9 Å². The van der Waals surface area contributed by atoms with Gasteiger partial charge in [0.05, 0.1) is 19.4 Å². The van der Waals surface area contributed by atoms with Crippen molar-refractivity contribution >= 4 is 34.6 Å². The quantitative estimate of drug-likeness (QED) is 0.511. The van der Waals surface area contributed by atoms with E-state index in [1.54, 1.807) is 36.3 Å². The van der Waals surface area contributed by atoms with Gasteiger partial charge in [0, 0.05) is 24.7 Å². The van der Waals surface area contributed by atoms with Crippen LogP contribution in [0.3, 0.4) is 0 Å². The standard InChI is InChI=1S/C24H27N5O4S/c1-3-33-20-9-5-4-8-19(20)26-24(31)29-14-6-7-16(15-29)22-27-28-23(34-22)21(30)25-17-10-12-18(32-2)13-11-17/h4-5,8-13,16H,3,6-7,14-15H2,1-2H3,(H,25,30)(H,26,31)/t16-/m1/s1. The van der Waals surface area contributed by atoms with Gasteiger partial charge in [-0.1, -0.05) is 23.5 Å². The minimum Gasteiger partial charge on any atom is -0.497 e.